The zero-order chi connectivity index (χ0) is 12.5. The number of allylic oxidation sites excluding steroid dienone is 4. The summed E-state index contributed by atoms with van der Waals surface area (Å²) in [7, 11) is 0. The van der Waals surface area contributed by atoms with Gasteiger partial charge in [0.2, 0.25) is 0 Å². The minimum Gasteiger partial charge on any atom is -0.476 e. The Labute approximate surface area is 103 Å². The minimum atomic E-state index is -1.02. The van der Waals surface area contributed by atoms with E-state index in [2.05, 4.69) is 15.0 Å². The predicted molar refractivity (Wildman–Crippen MR) is 69.0 cm³/mol. The Kier molecular flexibility index (Phi) is 2.37. The third-order valence-corrected chi connectivity index (χ3v) is 2.81. The lowest BCUT2D eigenvalue weighted by Crippen LogP contribution is -2.16. The summed E-state index contributed by atoms with van der Waals surface area (Å²) >= 11 is 0. The first-order valence-electron chi connectivity index (χ1n) is 5.45. The van der Waals surface area contributed by atoms with Gasteiger partial charge < -0.3 is 5.11 Å². The van der Waals surface area contributed by atoms with Crippen molar-refractivity contribution in [2.75, 3.05) is 0 Å². The van der Waals surface area contributed by atoms with E-state index in [1.807, 2.05) is 0 Å². The Morgan fingerprint density at radius 1 is 1.22 bits per heavy atom. The van der Waals surface area contributed by atoms with Gasteiger partial charge in [0.1, 0.15) is 0 Å². The van der Waals surface area contributed by atoms with E-state index in [9.17, 15) is 4.79 Å². The van der Waals surface area contributed by atoms with Gasteiger partial charge in [-0.15, -0.1) is 0 Å². The molecule has 1 N–H and O–H groups in total. The van der Waals surface area contributed by atoms with Crippen molar-refractivity contribution in [2.24, 2.45) is 15.0 Å². The van der Waals surface area contributed by atoms with Crippen LogP contribution in [-0.4, -0.2) is 29.2 Å². The van der Waals surface area contributed by atoms with Crippen molar-refractivity contribution >= 4 is 24.1 Å². The summed E-state index contributed by atoms with van der Waals surface area (Å²) in [4.78, 5) is 23.5. The van der Waals surface area contributed by atoms with Crippen molar-refractivity contribution < 1.29 is 9.90 Å². The number of fused-ring (bicyclic) bond motifs is 1. The number of rotatable bonds is 1. The maximum atomic E-state index is 11.0. The Hall–Kier alpha value is -2.56. The maximum absolute atomic E-state index is 11.0. The molecule has 0 unspecified atom stereocenters. The molecule has 3 rings (SSSR count). The fourth-order valence-electron chi connectivity index (χ4n) is 1.98. The highest BCUT2D eigenvalue weighted by Gasteiger charge is 2.28. The summed E-state index contributed by atoms with van der Waals surface area (Å²) in [6, 6.07) is 0. The molecule has 5 heteroatoms. The summed E-state index contributed by atoms with van der Waals surface area (Å²) in [5.74, 6) is -1.02. The number of hydrogen-bond acceptors (Lipinski definition) is 4. The van der Waals surface area contributed by atoms with Gasteiger partial charge in [-0.2, -0.15) is 0 Å². The molecule has 0 atom stereocenters. The van der Waals surface area contributed by atoms with Gasteiger partial charge >= 0.3 is 5.97 Å². The Morgan fingerprint density at radius 2 is 2.00 bits per heavy atom. The molecule has 5 nitrogen and oxygen atoms in total. The van der Waals surface area contributed by atoms with E-state index in [0.29, 0.717) is 17.7 Å². The van der Waals surface area contributed by atoms with Crippen LogP contribution in [0.5, 0.6) is 0 Å². The molecule has 0 aromatic rings. The van der Waals surface area contributed by atoms with Gasteiger partial charge in [-0.25, -0.2) is 9.79 Å². The number of aliphatic imine (C=N–C) groups is 3. The van der Waals surface area contributed by atoms with E-state index in [-0.39, 0.29) is 5.71 Å². The Morgan fingerprint density at radius 3 is 2.78 bits per heavy atom. The third kappa shape index (κ3) is 1.66. The van der Waals surface area contributed by atoms with Gasteiger partial charge in [-0.1, -0.05) is 0 Å². The second-order valence-electron chi connectivity index (χ2n) is 3.95. The Bertz CT molecular complexity index is 643. The zero-order valence-corrected chi connectivity index (χ0v) is 9.37. The van der Waals surface area contributed by atoms with E-state index in [0.717, 1.165) is 11.3 Å². The molecule has 0 aromatic carbocycles. The van der Waals surface area contributed by atoms with Crippen LogP contribution in [0.25, 0.3) is 0 Å². The molecule has 0 aromatic heterocycles. The summed E-state index contributed by atoms with van der Waals surface area (Å²) in [5.41, 5.74) is 3.11. The average molecular weight is 239 g/mol. The first kappa shape index (κ1) is 10.6. The van der Waals surface area contributed by atoms with Crippen molar-refractivity contribution in [2.45, 2.75) is 6.42 Å². The summed E-state index contributed by atoms with van der Waals surface area (Å²) in [6.07, 6.45) is 10.8. The molecule has 1 aliphatic carbocycles. The first-order valence-corrected chi connectivity index (χ1v) is 5.45. The maximum Gasteiger partial charge on any atom is 0.355 e. The van der Waals surface area contributed by atoms with Crippen LogP contribution in [0.3, 0.4) is 0 Å². The standard InChI is InChI=1S/C13H9N3O2/c17-13(18)12-9-6-11-10(5-8(9)7-16-12)14-3-1-2-4-15-11/h1-4,6-7H,5H2,(H,17,18)/b2-1-,3-1?,4-2?,14-3?,14-10?,15-4?,15-11?. The highest BCUT2D eigenvalue weighted by Crippen LogP contribution is 2.34. The molecule has 2 aliphatic heterocycles. The van der Waals surface area contributed by atoms with E-state index in [1.54, 1.807) is 36.9 Å². The largest absolute Gasteiger partial charge is 0.476 e. The Balaban J connectivity index is 2.06. The van der Waals surface area contributed by atoms with Gasteiger partial charge in [0.15, 0.2) is 5.71 Å². The SMILES string of the molecule is O=C(O)C1=NC=C2CC3=C(C=C21)N=C/C=C\C=N3. The van der Waals surface area contributed by atoms with Gasteiger partial charge in [0.05, 0.1) is 11.4 Å². The molecular weight excluding hydrogens is 230 g/mol. The molecule has 0 saturated heterocycles. The van der Waals surface area contributed by atoms with E-state index in [1.165, 1.54) is 0 Å². The molecule has 2 heterocycles. The second-order valence-corrected chi connectivity index (χ2v) is 3.95. The van der Waals surface area contributed by atoms with Crippen LogP contribution in [0.15, 0.2) is 61.9 Å². The molecule has 3 aliphatic rings. The van der Waals surface area contributed by atoms with Crippen LogP contribution in [0.2, 0.25) is 0 Å². The van der Waals surface area contributed by atoms with Gasteiger partial charge in [-0.3, -0.25) is 9.98 Å². The lowest BCUT2D eigenvalue weighted by molar-refractivity contribution is -0.129. The monoisotopic (exact) mass is 239 g/mol. The van der Waals surface area contributed by atoms with Crippen molar-refractivity contribution in [3.05, 3.63) is 47.0 Å². The van der Waals surface area contributed by atoms with Gasteiger partial charge in [0, 0.05) is 30.6 Å². The fraction of sp³-hybridized carbons (Fsp3) is 0.0769. The van der Waals surface area contributed by atoms with Gasteiger partial charge in [0.25, 0.3) is 0 Å². The molecule has 0 amide bonds. The lowest BCUT2D eigenvalue weighted by atomic mass is 9.93. The van der Waals surface area contributed by atoms with Crippen LogP contribution in [0.4, 0.5) is 0 Å². The van der Waals surface area contributed by atoms with Crippen molar-refractivity contribution in [1.82, 2.24) is 0 Å². The molecule has 0 spiro atoms. The molecule has 0 saturated carbocycles. The first-order chi connectivity index (χ1) is 8.75. The number of carbonyl (C=O) groups is 1. The third-order valence-electron chi connectivity index (χ3n) is 2.81. The average Bonchev–Trinajstić information content (AvgIpc) is 2.71. The normalized spacial score (nSPS) is 22.3. The molecular formula is C13H9N3O2. The second kappa shape index (κ2) is 4.03. The van der Waals surface area contributed by atoms with Crippen molar-refractivity contribution in [3.63, 3.8) is 0 Å². The molecule has 88 valence electrons. The van der Waals surface area contributed by atoms with Crippen molar-refractivity contribution in [1.29, 1.82) is 0 Å². The number of nitrogens with zero attached hydrogens (tertiary/aromatic N) is 3. The van der Waals surface area contributed by atoms with Crippen LogP contribution < -0.4 is 0 Å². The van der Waals surface area contributed by atoms with Crippen LogP contribution in [-0.2, 0) is 4.79 Å². The fourth-order valence-corrected chi connectivity index (χ4v) is 1.98. The molecule has 0 radical (unpaired) electrons. The summed E-state index contributed by atoms with van der Waals surface area (Å²) < 4.78 is 0. The smallest absolute Gasteiger partial charge is 0.355 e. The van der Waals surface area contributed by atoms with Gasteiger partial charge in [-0.05, 0) is 23.8 Å². The topological polar surface area (TPSA) is 74.4 Å². The van der Waals surface area contributed by atoms with Crippen LogP contribution in [0.1, 0.15) is 6.42 Å². The lowest BCUT2D eigenvalue weighted by Gasteiger charge is -2.15. The van der Waals surface area contributed by atoms with E-state index < -0.39 is 5.97 Å². The quantitative estimate of drug-likeness (QED) is 0.755. The van der Waals surface area contributed by atoms with E-state index in [4.69, 9.17) is 5.11 Å². The van der Waals surface area contributed by atoms with Crippen molar-refractivity contribution in [3.8, 4) is 0 Å². The number of aliphatic carboxylic acids is 1. The highest BCUT2D eigenvalue weighted by molar-refractivity contribution is 6.44. The zero-order valence-electron chi connectivity index (χ0n) is 9.37. The summed E-state index contributed by atoms with van der Waals surface area (Å²) in [5, 5.41) is 9.05. The molecule has 18 heavy (non-hydrogen) atoms. The summed E-state index contributed by atoms with van der Waals surface area (Å²) in [6.45, 7) is 0. The van der Waals surface area contributed by atoms with Crippen LogP contribution >= 0.6 is 0 Å². The minimum absolute atomic E-state index is 0.0772. The predicted octanol–water partition coefficient (Wildman–Crippen LogP) is 1.66. The number of carboxylic acid groups (broad SMARTS) is 1. The molecule has 0 fully saturated rings. The molecule has 0 bridgehead atoms. The number of hydrogen-bond donors (Lipinski definition) is 1. The van der Waals surface area contributed by atoms with E-state index >= 15 is 0 Å². The van der Waals surface area contributed by atoms with Crippen LogP contribution in [0, 0.1) is 0 Å². The highest BCUT2D eigenvalue weighted by atomic mass is 16.4. The number of carboxylic acids is 1.